The number of aromatic nitrogens is 4. The van der Waals surface area contributed by atoms with Crippen LogP contribution in [0.3, 0.4) is 0 Å². The number of anilines is 2. The molecule has 4 atom stereocenters. The highest BCUT2D eigenvalue weighted by Crippen LogP contribution is 2.43. The lowest BCUT2D eigenvalue weighted by atomic mass is 9.91. The number of aliphatic hydroxyl groups is 1. The number of aliphatic hydroxyl groups excluding tert-OH is 1. The normalized spacial score (nSPS) is 19.4. The van der Waals surface area contributed by atoms with Gasteiger partial charge >= 0.3 is 6.03 Å². The summed E-state index contributed by atoms with van der Waals surface area (Å²) in [5.41, 5.74) is 3.79. The molecule has 2 heterocycles. The van der Waals surface area contributed by atoms with Crippen molar-refractivity contribution < 1.29 is 24.1 Å². The summed E-state index contributed by atoms with van der Waals surface area (Å²) in [4.78, 5) is 12.9. The van der Waals surface area contributed by atoms with Crippen molar-refractivity contribution in [1.82, 2.24) is 20.2 Å². The number of ether oxygens (including phenoxy) is 3. The van der Waals surface area contributed by atoms with Gasteiger partial charge in [-0.25, -0.2) is 9.48 Å². The first-order valence-electron chi connectivity index (χ1n) is 14.8. The van der Waals surface area contributed by atoms with Gasteiger partial charge in [-0.3, -0.25) is 0 Å². The van der Waals surface area contributed by atoms with Crippen molar-refractivity contribution in [2.75, 3.05) is 16.4 Å². The number of amides is 2. The number of nitrogens with zero attached hydrogens (tertiary/aromatic N) is 4. The number of urea groups is 1. The maximum Gasteiger partial charge on any atom is 0.323 e. The van der Waals surface area contributed by atoms with Crippen LogP contribution < -0.4 is 15.4 Å². The van der Waals surface area contributed by atoms with Crippen LogP contribution in [-0.4, -0.2) is 43.2 Å². The minimum atomic E-state index is -0.691. The number of nitrogens with one attached hydrogen (secondary N) is 2. The van der Waals surface area contributed by atoms with Crippen LogP contribution in [0.15, 0.2) is 108 Å². The zero-order valence-corrected chi connectivity index (χ0v) is 26.1. The van der Waals surface area contributed by atoms with E-state index in [1.54, 1.807) is 36.0 Å². The Morgan fingerprint density at radius 3 is 2.35 bits per heavy atom. The molecule has 6 rings (SSSR count). The lowest BCUT2D eigenvalue weighted by Gasteiger charge is -2.41. The van der Waals surface area contributed by atoms with Gasteiger partial charge in [-0.05, 0) is 70.1 Å². The van der Waals surface area contributed by atoms with Gasteiger partial charge in [-0.15, -0.1) is 5.10 Å². The standard InChI is InChI=1S/C34H34N6O5S/c1-22-30(21-46-34-37-38-39-40(34)2)44-32(45-31(22)24-13-11-23(20-41)12-14-24)25-7-6-8-27(19-25)36-33(42)35-26-15-17-29(18-16-26)43-28-9-4-3-5-10-28/h3-19,22,30-32,41H,20-21H2,1-2H3,(H2,35,36,42)/t22-,30+,31+,32+/m1/s1. The average molecular weight is 639 g/mol. The van der Waals surface area contributed by atoms with E-state index in [0.29, 0.717) is 28.0 Å². The largest absolute Gasteiger partial charge is 0.457 e. The van der Waals surface area contributed by atoms with Gasteiger partial charge in [0.05, 0.1) is 18.8 Å². The second-order valence-corrected chi connectivity index (χ2v) is 11.8. The van der Waals surface area contributed by atoms with Gasteiger partial charge in [0, 0.05) is 35.7 Å². The van der Waals surface area contributed by atoms with Gasteiger partial charge in [0.1, 0.15) is 11.5 Å². The Bertz CT molecular complexity index is 1740. The smallest absolute Gasteiger partial charge is 0.323 e. The third-order valence-electron chi connectivity index (χ3n) is 7.59. The summed E-state index contributed by atoms with van der Waals surface area (Å²) < 4.78 is 20.6. The molecule has 1 saturated heterocycles. The molecule has 0 radical (unpaired) electrons. The Labute approximate surface area is 270 Å². The van der Waals surface area contributed by atoms with Crippen LogP contribution in [0, 0.1) is 5.92 Å². The van der Waals surface area contributed by atoms with Gasteiger partial charge in [0.2, 0.25) is 5.16 Å². The SMILES string of the molecule is C[C@@H]1[C@H](CSc2nnnn2C)O[C@H](c2cccc(NC(=O)Nc3ccc(Oc4ccccc4)cc3)c2)O[C@@H]1c1ccc(CO)cc1. The van der Waals surface area contributed by atoms with E-state index in [-0.39, 0.29) is 30.8 Å². The molecule has 3 N–H and O–H groups in total. The number of para-hydroxylation sites is 1. The number of rotatable bonds is 10. The maximum absolute atomic E-state index is 12.9. The number of carbonyl (C=O) groups excluding carboxylic acids is 1. The predicted molar refractivity (Wildman–Crippen MR) is 175 cm³/mol. The van der Waals surface area contributed by atoms with Crippen molar-refractivity contribution in [3.05, 3.63) is 120 Å². The van der Waals surface area contributed by atoms with Crippen molar-refractivity contribution in [1.29, 1.82) is 0 Å². The highest BCUT2D eigenvalue weighted by molar-refractivity contribution is 7.99. The number of hydrogen-bond donors (Lipinski definition) is 3. The van der Waals surface area contributed by atoms with Gasteiger partial charge < -0.3 is 30.0 Å². The van der Waals surface area contributed by atoms with Crippen LogP contribution in [0.4, 0.5) is 16.2 Å². The molecule has 12 heteroatoms. The second-order valence-electron chi connectivity index (χ2n) is 10.9. The van der Waals surface area contributed by atoms with E-state index in [4.69, 9.17) is 14.2 Å². The molecule has 46 heavy (non-hydrogen) atoms. The molecule has 1 aliphatic rings. The van der Waals surface area contributed by atoms with Crippen LogP contribution in [0.2, 0.25) is 0 Å². The Morgan fingerprint density at radius 2 is 1.63 bits per heavy atom. The Morgan fingerprint density at radius 1 is 0.891 bits per heavy atom. The van der Waals surface area contributed by atoms with E-state index in [0.717, 1.165) is 22.4 Å². The van der Waals surface area contributed by atoms with E-state index in [1.807, 2.05) is 78.9 Å². The predicted octanol–water partition coefficient (Wildman–Crippen LogP) is 6.72. The molecule has 0 saturated carbocycles. The lowest BCUT2D eigenvalue weighted by molar-refractivity contribution is -0.268. The van der Waals surface area contributed by atoms with Gasteiger partial charge in [-0.2, -0.15) is 0 Å². The molecule has 236 valence electrons. The molecule has 1 aliphatic heterocycles. The molecule has 2 amide bonds. The van der Waals surface area contributed by atoms with Crippen LogP contribution in [0.5, 0.6) is 11.5 Å². The van der Waals surface area contributed by atoms with Crippen molar-refractivity contribution >= 4 is 29.2 Å². The monoisotopic (exact) mass is 638 g/mol. The van der Waals surface area contributed by atoms with Gasteiger partial charge in [0.15, 0.2) is 6.29 Å². The number of tetrazole rings is 1. The molecule has 1 aromatic heterocycles. The summed E-state index contributed by atoms with van der Waals surface area (Å²) in [6.07, 6.45) is -1.16. The van der Waals surface area contributed by atoms with E-state index >= 15 is 0 Å². The quantitative estimate of drug-likeness (QED) is 0.143. The fourth-order valence-electron chi connectivity index (χ4n) is 5.10. The van der Waals surface area contributed by atoms with Crippen molar-refractivity contribution in [2.45, 2.75) is 37.2 Å². The fraction of sp³-hybridized carbons (Fsp3) is 0.235. The Kier molecular flexibility index (Phi) is 9.89. The molecule has 5 aromatic rings. The number of hydrogen-bond acceptors (Lipinski definition) is 9. The highest BCUT2D eigenvalue weighted by Gasteiger charge is 2.38. The number of aryl methyl sites for hydroxylation is 1. The topological polar surface area (TPSA) is 133 Å². The van der Waals surface area contributed by atoms with E-state index in [9.17, 15) is 9.90 Å². The molecule has 0 unspecified atom stereocenters. The van der Waals surface area contributed by atoms with Crippen molar-refractivity contribution in [3.63, 3.8) is 0 Å². The number of benzene rings is 4. The van der Waals surface area contributed by atoms with Crippen molar-refractivity contribution in [3.8, 4) is 11.5 Å². The first-order valence-corrected chi connectivity index (χ1v) is 15.8. The lowest BCUT2D eigenvalue weighted by Crippen LogP contribution is -2.38. The zero-order chi connectivity index (χ0) is 31.9. The molecular formula is C34H34N6O5S. The minimum Gasteiger partial charge on any atom is -0.457 e. The summed E-state index contributed by atoms with van der Waals surface area (Å²) in [5.74, 6) is 2.01. The molecule has 0 spiro atoms. The van der Waals surface area contributed by atoms with E-state index in [1.165, 1.54) is 11.8 Å². The molecule has 0 bridgehead atoms. The molecule has 0 aliphatic carbocycles. The molecular weight excluding hydrogens is 604 g/mol. The second kappa shape index (κ2) is 14.6. The summed E-state index contributed by atoms with van der Waals surface area (Å²) in [5, 5.41) is 27.7. The third-order valence-corrected chi connectivity index (χ3v) is 8.69. The minimum absolute atomic E-state index is 0.00137. The third kappa shape index (κ3) is 7.72. The van der Waals surface area contributed by atoms with Gasteiger partial charge in [0.25, 0.3) is 0 Å². The summed E-state index contributed by atoms with van der Waals surface area (Å²) >= 11 is 1.52. The first-order chi connectivity index (χ1) is 22.4. The summed E-state index contributed by atoms with van der Waals surface area (Å²) in [7, 11) is 1.80. The van der Waals surface area contributed by atoms with Gasteiger partial charge in [-0.1, -0.05) is 73.3 Å². The van der Waals surface area contributed by atoms with Crippen molar-refractivity contribution in [2.24, 2.45) is 13.0 Å². The van der Waals surface area contributed by atoms with Crippen LogP contribution in [0.1, 0.15) is 36.0 Å². The Balaban J connectivity index is 1.14. The number of carbonyl (C=O) groups is 1. The average Bonchev–Trinajstić information content (AvgIpc) is 3.50. The molecule has 1 fully saturated rings. The molecule has 4 aromatic carbocycles. The summed E-state index contributed by atoms with van der Waals surface area (Å²) in [6.45, 7) is 2.07. The fourth-order valence-corrected chi connectivity index (χ4v) is 6.11. The Hall–Kier alpha value is -4.75. The van der Waals surface area contributed by atoms with E-state index < -0.39 is 6.29 Å². The number of thioether (sulfide) groups is 1. The zero-order valence-electron chi connectivity index (χ0n) is 25.3. The highest BCUT2D eigenvalue weighted by atomic mass is 32.2. The van der Waals surface area contributed by atoms with E-state index in [2.05, 4.69) is 33.1 Å². The van der Waals surface area contributed by atoms with Crippen LogP contribution in [-0.2, 0) is 23.1 Å². The molecule has 11 nitrogen and oxygen atoms in total. The van der Waals surface area contributed by atoms with Crippen LogP contribution in [0.25, 0.3) is 0 Å². The van der Waals surface area contributed by atoms with Crippen LogP contribution >= 0.6 is 11.8 Å². The first kappa shape index (κ1) is 31.2. The maximum atomic E-state index is 12.9. The summed E-state index contributed by atoms with van der Waals surface area (Å²) in [6, 6.07) is 31.5.